The fraction of sp³-hybridized carbons (Fsp3) is 0.500. The van der Waals surface area contributed by atoms with Gasteiger partial charge in [0, 0.05) is 5.75 Å². The van der Waals surface area contributed by atoms with Gasteiger partial charge in [-0.1, -0.05) is 0 Å². The molecule has 0 amide bonds. The molecule has 1 rings (SSSR count). The highest BCUT2D eigenvalue weighted by atomic mass is 32.2. The van der Waals surface area contributed by atoms with E-state index in [0.29, 0.717) is 0 Å². The number of aromatic nitrogens is 3. The molecule has 1 aromatic heterocycles. The first kappa shape index (κ1) is 10.8. The maximum absolute atomic E-state index is 11.7. The third kappa shape index (κ3) is 3.66. The van der Waals surface area contributed by atoms with Crippen molar-refractivity contribution in [3.63, 3.8) is 0 Å². The van der Waals surface area contributed by atoms with Crippen LogP contribution in [0, 0.1) is 11.3 Å². The topological polar surface area (TPSA) is 54.5 Å². The molecule has 0 bridgehead atoms. The van der Waals surface area contributed by atoms with Crippen LogP contribution in [0.2, 0.25) is 0 Å². The second kappa shape index (κ2) is 4.32. The Morgan fingerprint density at radius 3 is 2.79 bits per heavy atom. The second-order valence-corrected chi connectivity index (χ2v) is 3.40. The molecule has 0 atom stereocenters. The van der Waals surface area contributed by atoms with E-state index in [1.807, 2.05) is 0 Å². The van der Waals surface area contributed by atoms with E-state index in [9.17, 15) is 13.2 Å². The first-order chi connectivity index (χ1) is 6.51. The lowest BCUT2D eigenvalue weighted by atomic mass is 10.7. The van der Waals surface area contributed by atoms with Gasteiger partial charge in [0.1, 0.15) is 12.4 Å². The maximum atomic E-state index is 11.7. The van der Waals surface area contributed by atoms with E-state index < -0.39 is 5.51 Å². The summed E-state index contributed by atoms with van der Waals surface area (Å²) in [6.45, 7) is 0.0822. The Morgan fingerprint density at radius 1 is 1.57 bits per heavy atom. The molecule has 0 aromatic carbocycles. The molecule has 0 radical (unpaired) electrons. The van der Waals surface area contributed by atoms with Crippen LogP contribution in [0.3, 0.4) is 0 Å². The predicted molar refractivity (Wildman–Crippen MR) is 43.2 cm³/mol. The zero-order chi connectivity index (χ0) is 10.6. The molecule has 0 N–H and O–H groups in total. The van der Waals surface area contributed by atoms with Crippen molar-refractivity contribution in [2.75, 3.05) is 5.75 Å². The summed E-state index contributed by atoms with van der Waals surface area (Å²) in [6, 6.07) is 1.68. The maximum Gasteiger partial charge on any atom is 0.441 e. The van der Waals surface area contributed by atoms with Gasteiger partial charge in [-0.25, -0.2) is 4.98 Å². The van der Waals surface area contributed by atoms with Crippen molar-refractivity contribution in [1.29, 1.82) is 5.26 Å². The van der Waals surface area contributed by atoms with E-state index in [2.05, 4.69) is 10.1 Å². The van der Waals surface area contributed by atoms with E-state index in [1.54, 1.807) is 6.07 Å². The molecular weight excluding hydrogens is 217 g/mol. The molecule has 0 aliphatic carbocycles. The van der Waals surface area contributed by atoms with Crippen LogP contribution in [0.15, 0.2) is 6.33 Å². The van der Waals surface area contributed by atoms with Crippen LogP contribution in [0.5, 0.6) is 0 Å². The first-order valence-corrected chi connectivity index (χ1v) is 4.50. The third-order valence-corrected chi connectivity index (χ3v) is 1.94. The number of rotatable bonds is 3. The fourth-order valence-electron chi connectivity index (χ4n) is 0.709. The Labute approximate surface area is 81.7 Å². The summed E-state index contributed by atoms with van der Waals surface area (Å²) in [6.07, 6.45) is 1.23. The number of alkyl halides is 3. The highest BCUT2D eigenvalue weighted by Crippen LogP contribution is 2.29. The van der Waals surface area contributed by atoms with E-state index in [4.69, 9.17) is 5.26 Å². The van der Waals surface area contributed by atoms with E-state index in [1.165, 1.54) is 11.0 Å². The molecule has 0 unspecified atom stereocenters. The highest BCUT2D eigenvalue weighted by Gasteiger charge is 2.27. The van der Waals surface area contributed by atoms with Gasteiger partial charge in [-0.2, -0.15) is 18.4 Å². The van der Waals surface area contributed by atoms with Crippen molar-refractivity contribution in [2.24, 2.45) is 0 Å². The van der Waals surface area contributed by atoms with Crippen molar-refractivity contribution < 1.29 is 13.2 Å². The Bertz CT molecular complexity index is 340. The van der Waals surface area contributed by atoms with Gasteiger partial charge in [0.2, 0.25) is 0 Å². The van der Waals surface area contributed by atoms with E-state index in [0.717, 1.165) is 0 Å². The molecule has 14 heavy (non-hydrogen) atoms. The Morgan fingerprint density at radius 2 is 2.29 bits per heavy atom. The van der Waals surface area contributed by atoms with Gasteiger partial charge in [0.25, 0.3) is 5.82 Å². The lowest BCUT2D eigenvalue weighted by Gasteiger charge is -2.04. The molecule has 1 aromatic rings. The third-order valence-electron chi connectivity index (χ3n) is 1.22. The van der Waals surface area contributed by atoms with Crippen molar-refractivity contribution >= 4 is 11.8 Å². The van der Waals surface area contributed by atoms with Gasteiger partial charge in [-0.15, -0.1) is 5.10 Å². The summed E-state index contributed by atoms with van der Waals surface area (Å²) in [4.78, 5) is 3.55. The number of nitrogens with zero attached hydrogens (tertiary/aromatic N) is 4. The second-order valence-electron chi connectivity index (χ2n) is 2.24. The SMILES string of the molecule is N#Cc1ncn(CCSC(F)(F)F)n1. The van der Waals surface area contributed by atoms with Gasteiger partial charge in [0.05, 0.1) is 6.54 Å². The van der Waals surface area contributed by atoms with Crippen LogP contribution in [0.1, 0.15) is 5.82 Å². The average molecular weight is 222 g/mol. The number of halogens is 3. The minimum atomic E-state index is -4.22. The highest BCUT2D eigenvalue weighted by molar-refractivity contribution is 8.00. The summed E-state index contributed by atoms with van der Waals surface area (Å²) in [7, 11) is 0. The molecule has 0 aliphatic rings. The number of aryl methyl sites for hydroxylation is 1. The normalized spacial score (nSPS) is 11.3. The van der Waals surface area contributed by atoms with Crippen LogP contribution in [-0.2, 0) is 6.54 Å². The lowest BCUT2D eigenvalue weighted by molar-refractivity contribution is -0.0328. The van der Waals surface area contributed by atoms with Crippen LogP contribution >= 0.6 is 11.8 Å². The van der Waals surface area contributed by atoms with Gasteiger partial charge in [0.15, 0.2) is 0 Å². The molecule has 1 heterocycles. The summed E-state index contributed by atoms with van der Waals surface area (Å²) < 4.78 is 36.3. The van der Waals surface area contributed by atoms with E-state index >= 15 is 0 Å². The molecule has 0 saturated carbocycles. The zero-order valence-electron chi connectivity index (χ0n) is 6.82. The molecule has 0 saturated heterocycles. The number of nitriles is 1. The predicted octanol–water partition coefficient (Wildman–Crippen LogP) is 1.40. The van der Waals surface area contributed by atoms with E-state index in [-0.39, 0.29) is 29.9 Å². The lowest BCUT2D eigenvalue weighted by Crippen LogP contribution is -2.07. The standard InChI is InChI=1S/C6H5F3N4S/c7-6(8,9)14-2-1-13-4-11-5(3-10)12-13/h4H,1-2H2. The van der Waals surface area contributed by atoms with Gasteiger partial charge in [-0.05, 0) is 11.8 Å². The Kier molecular flexibility index (Phi) is 3.35. The summed E-state index contributed by atoms with van der Waals surface area (Å²) >= 11 is -0.126. The van der Waals surface area contributed by atoms with Crippen LogP contribution in [0.4, 0.5) is 13.2 Å². The molecule has 76 valence electrons. The van der Waals surface area contributed by atoms with Crippen LogP contribution in [0.25, 0.3) is 0 Å². The average Bonchev–Trinajstić information content (AvgIpc) is 2.50. The van der Waals surface area contributed by atoms with Gasteiger partial charge < -0.3 is 0 Å². The number of thioether (sulfide) groups is 1. The van der Waals surface area contributed by atoms with Crippen LogP contribution < -0.4 is 0 Å². The van der Waals surface area contributed by atoms with Gasteiger partial charge in [-0.3, -0.25) is 4.68 Å². The van der Waals surface area contributed by atoms with Crippen molar-refractivity contribution in [3.8, 4) is 6.07 Å². The van der Waals surface area contributed by atoms with Gasteiger partial charge >= 0.3 is 5.51 Å². The van der Waals surface area contributed by atoms with Crippen LogP contribution in [-0.4, -0.2) is 26.0 Å². The zero-order valence-corrected chi connectivity index (χ0v) is 7.64. The summed E-state index contributed by atoms with van der Waals surface area (Å²) in [5.41, 5.74) is -4.22. The van der Waals surface area contributed by atoms with Crippen molar-refractivity contribution in [2.45, 2.75) is 12.1 Å². The Balaban J connectivity index is 2.36. The first-order valence-electron chi connectivity index (χ1n) is 3.51. The Hall–Kier alpha value is -1.23. The smallest absolute Gasteiger partial charge is 0.251 e. The summed E-state index contributed by atoms with van der Waals surface area (Å²) in [5, 5.41) is 11.9. The molecule has 8 heteroatoms. The van der Waals surface area contributed by atoms with Crippen molar-refractivity contribution in [1.82, 2.24) is 14.8 Å². The van der Waals surface area contributed by atoms with Crippen molar-refractivity contribution in [3.05, 3.63) is 12.2 Å². The minimum absolute atomic E-state index is 0.0398. The summed E-state index contributed by atoms with van der Waals surface area (Å²) in [5.74, 6) is -0.181. The molecular formula is C6H5F3N4S. The fourth-order valence-corrected chi connectivity index (χ4v) is 1.22. The quantitative estimate of drug-likeness (QED) is 0.775. The minimum Gasteiger partial charge on any atom is -0.251 e. The number of hydrogen-bond acceptors (Lipinski definition) is 4. The molecule has 0 spiro atoms. The number of hydrogen-bond donors (Lipinski definition) is 0. The largest absolute Gasteiger partial charge is 0.441 e. The molecule has 4 nitrogen and oxygen atoms in total. The monoisotopic (exact) mass is 222 g/mol. The molecule has 0 fully saturated rings. The molecule has 0 aliphatic heterocycles.